The number of amides is 1. The van der Waals surface area contributed by atoms with Crippen LogP contribution in [0.2, 0.25) is 5.02 Å². The van der Waals surface area contributed by atoms with Crippen LogP contribution in [0.15, 0.2) is 22.6 Å². The Bertz CT molecular complexity index is 770. The Balaban J connectivity index is 1.32. The van der Waals surface area contributed by atoms with Gasteiger partial charge in [0.2, 0.25) is 5.91 Å². The number of carbonyl (C=O) groups is 1. The zero-order valence-corrected chi connectivity index (χ0v) is 14.9. The van der Waals surface area contributed by atoms with Gasteiger partial charge in [-0.25, -0.2) is 0 Å². The quantitative estimate of drug-likeness (QED) is 0.904. The zero-order valence-electron chi connectivity index (χ0n) is 14.2. The summed E-state index contributed by atoms with van der Waals surface area (Å²) in [4.78, 5) is 20.5. The molecule has 2 saturated heterocycles. The van der Waals surface area contributed by atoms with Crippen molar-refractivity contribution in [3.8, 4) is 0 Å². The maximum atomic E-state index is 11.3. The first-order valence-corrected chi connectivity index (χ1v) is 9.29. The number of hydrogen-bond donors (Lipinski definition) is 1. The summed E-state index contributed by atoms with van der Waals surface area (Å²) in [5.41, 5.74) is 7.00. The van der Waals surface area contributed by atoms with Gasteiger partial charge in [0, 0.05) is 31.2 Å². The number of nitrogens with two attached hydrogens (primary N) is 1. The molecule has 2 aromatic rings. The molecule has 0 aliphatic carbocycles. The van der Waals surface area contributed by atoms with Gasteiger partial charge in [0.1, 0.15) is 5.52 Å². The molecule has 1 amide bonds. The van der Waals surface area contributed by atoms with Crippen molar-refractivity contribution in [3.63, 3.8) is 0 Å². The molecule has 0 radical (unpaired) electrons. The molecular formula is C18H23ClN4O2. The Morgan fingerprint density at radius 1 is 1.28 bits per heavy atom. The van der Waals surface area contributed by atoms with E-state index in [-0.39, 0.29) is 11.8 Å². The van der Waals surface area contributed by atoms with Crippen molar-refractivity contribution < 1.29 is 9.21 Å². The van der Waals surface area contributed by atoms with Crippen LogP contribution in [0, 0.1) is 11.8 Å². The minimum atomic E-state index is -0.159. The first kappa shape index (κ1) is 16.7. The summed E-state index contributed by atoms with van der Waals surface area (Å²) in [7, 11) is 0. The van der Waals surface area contributed by atoms with Crippen molar-refractivity contribution >= 4 is 34.6 Å². The van der Waals surface area contributed by atoms with Crippen molar-refractivity contribution in [2.24, 2.45) is 17.6 Å². The summed E-state index contributed by atoms with van der Waals surface area (Å²) in [6, 6.07) is 6.20. The topological polar surface area (TPSA) is 75.6 Å². The van der Waals surface area contributed by atoms with E-state index in [0.717, 1.165) is 63.1 Å². The Labute approximate surface area is 151 Å². The fourth-order valence-electron chi connectivity index (χ4n) is 3.93. The van der Waals surface area contributed by atoms with Crippen molar-refractivity contribution in [1.29, 1.82) is 0 Å². The van der Waals surface area contributed by atoms with Gasteiger partial charge in [-0.3, -0.25) is 4.79 Å². The van der Waals surface area contributed by atoms with Crippen LogP contribution in [0.25, 0.3) is 11.1 Å². The fourth-order valence-corrected chi connectivity index (χ4v) is 4.09. The van der Waals surface area contributed by atoms with Crippen LogP contribution in [0.3, 0.4) is 0 Å². The van der Waals surface area contributed by atoms with Gasteiger partial charge in [-0.1, -0.05) is 11.6 Å². The number of oxazole rings is 1. The monoisotopic (exact) mass is 362 g/mol. The molecule has 4 rings (SSSR count). The second kappa shape index (κ2) is 6.84. The van der Waals surface area contributed by atoms with Gasteiger partial charge >= 0.3 is 0 Å². The summed E-state index contributed by atoms with van der Waals surface area (Å²) < 4.78 is 5.87. The van der Waals surface area contributed by atoms with Gasteiger partial charge in [-0.15, -0.1) is 0 Å². The van der Waals surface area contributed by atoms with Crippen LogP contribution in [0.5, 0.6) is 0 Å². The van der Waals surface area contributed by atoms with E-state index in [1.807, 2.05) is 18.2 Å². The number of aromatic nitrogens is 1. The lowest BCUT2D eigenvalue weighted by Crippen LogP contribution is -2.38. The minimum Gasteiger partial charge on any atom is -0.423 e. The highest BCUT2D eigenvalue weighted by atomic mass is 35.5. The van der Waals surface area contributed by atoms with E-state index in [2.05, 4.69) is 14.8 Å². The molecule has 1 atom stereocenters. The van der Waals surface area contributed by atoms with Gasteiger partial charge in [-0.05, 0) is 49.9 Å². The van der Waals surface area contributed by atoms with Gasteiger partial charge < -0.3 is 20.0 Å². The average molecular weight is 363 g/mol. The maximum absolute atomic E-state index is 11.3. The van der Waals surface area contributed by atoms with Gasteiger partial charge in [0.15, 0.2) is 5.58 Å². The average Bonchev–Trinajstić information content (AvgIpc) is 3.22. The van der Waals surface area contributed by atoms with Gasteiger partial charge in [0.05, 0.1) is 5.92 Å². The highest BCUT2D eigenvalue weighted by molar-refractivity contribution is 6.31. The molecule has 7 heteroatoms. The molecule has 0 bridgehead atoms. The lowest BCUT2D eigenvalue weighted by atomic mass is 9.96. The highest BCUT2D eigenvalue weighted by Crippen LogP contribution is 2.29. The number of fused-ring (bicyclic) bond motifs is 1. The summed E-state index contributed by atoms with van der Waals surface area (Å²) in [5.74, 6) is 0.529. The third kappa shape index (κ3) is 3.60. The lowest BCUT2D eigenvalue weighted by Gasteiger charge is -2.33. The molecule has 2 N–H and O–H groups in total. The number of primary amides is 1. The van der Waals surface area contributed by atoms with Gasteiger partial charge in [-0.2, -0.15) is 4.98 Å². The predicted molar refractivity (Wildman–Crippen MR) is 97.7 cm³/mol. The van der Waals surface area contributed by atoms with Crippen molar-refractivity contribution in [2.75, 3.05) is 37.6 Å². The summed E-state index contributed by atoms with van der Waals surface area (Å²) in [6.07, 6.45) is 3.12. The van der Waals surface area contributed by atoms with E-state index in [0.29, 0.717) is 17.0 Å². The molecule has 2 fully saturated rings. The Kier molecular flexibility index (Phi) is 4.56. The number of halogens is 1. The summed E-state index contributed by atoms with van der Waals surface area (Å²) in [5, 5.41) is 0.672. The zero-order chi connectivity index (χ0) is 17.4. The number of hydrogen-bond acceptors (Lipinski definition) is 5. The number of benzene rings is 1. The summed E-state index contributed by atoms with van der Waals surface area (Å²) >= 11 is 6.01. The van der Waals surface area contributed by atoms with E-state index >= 15 is 0 Å². The smallest absolute Gasteiger partial charge is 0.298 e. The molecule has 6 nitrogen and oxygen atoms in total. The highest BCUT2D eigenvalue weighted by Gasteiger charge is 2.30. The second-order valence-corrected chi connectivity index (χ2v) is 7.62. The Morgan fingerprint density at radius 2 is 2.08 bits per heavy atom. The number of anilines is 1. The number of carbonyl (C=O) groups excluding carboxylic acids is 1. The molecule has 1 unspecified atom stereocenters. The number of likely N-dealkylation sites (tertiary alicyclic amines) is 1. The fraction of sp³-hybridized carbons (Fsp3) is 0.556. The molecule has 134 valence electrons. The Morgan fingerprint density at radius 3 is 2.80 bits per heavy atom. The number of nitrogens with zero attached hydrogens (tertiary/aromatic N) is 3. The number of rotatable bonds is 4. The Hall–Kier alpha value is -1.79. The SMILES string of the molecule is NC(=O)C1CCN(CC2CCN(c3nc4cc(Cl)ccc4o3)CC2)C1. The molecule has 25 heavy (non-hydrogen) atoms. The first-order chi connectivity index (χ1) is 12.1. The minimum absolute atomic E-state index is 0.0339. The van der Waals surface area contributed by atoms with Crippen molar-refractivity contribution in [1.82, 2.24) is 9.88 Å². The molecule has 0 saturated carbocycles. The van der Waals surface area contributed by atoms with Crippen LogP contribution >= 0.6 is 11.6 Å². The van der Waals surface area contributed by atoms with E-state index in [1.54, 1.807) is 0 Å². The molecule has 0 spiro atoms. The van der Waals surface area contributed by atoms with Crippen LogP contribution in [0.4, 0.5) is 6.01 Å². The molecule has 1 aromatic carbocycles. The van der Waals surface area contributed by atoms with Crippen LogP contribution in [-0.4, -0.2) is 48.5 Å². The lowest BCUT2D eigenvalue weighted by molar-refractivity contribution is -0.121. The predicted octanol–water partition coefficient (Wildman–Crippen LogP) is 2.50. The largest absolute Gasteiger partial charge is 0.423 e. The first-order valence-electron chi connectivity index (χ1n) is 8.91. The van der Waals surface area contributed by atoms with E-state index in [1.165, 1.54) is 0 Å². The normalized spacial score (nSPS) is 22.8. The molecule has 1 aromatic heterocycles. The van der Waals surface area contributed by atoms with E-state index in [9.17, 15) is 4.79 Å². The van der Waals surface area contributed by atoms with Crippen LogP contribution < -0.4 is 10.6 Å². The molecule has 2 aliphatic heterocycles. The third-order valence-electron chi connectivity index (χ3n) is 5.41. The standard InChI is InChI=1S/C18H23ClN4O2/c19-14-1-2-16-15(9-14)21-18(25-16)23-7-3-12(4-8-23)10-22-6-5-13(11-22)17(20)24/h1-2,9,12-13H,3-8,10-11H2,(H2,20,24). The summed E-state index contributed by atoms with van der Waals surface area (Å²) in [6.45, 7) is 4.75. The number of piperidine rings is 1. The third-order valence-corrected chi connectivity index (χ3v) is 5.65. The second-order valence-electron chi connectivity index (χ2n) is 7.19. The van der Waals surface area contributed by atoms with Crippen LogP contribution in [0.1, 0.15) is 19.3 Å². The molecule has 3 heterocycles. The van der Waals surface area contributed by atoms with Crippen LogP contribution in [-0.2, 0) is 4.79 Å². The van der Waals surface area contributed by atoms with Crippen molar-refractivity contribution in [3.05, 3.63) is 23.2 Å². The van der Waals surface area contributed by atoms with Crippen molar-refractivity contribution in [2.45, 2.75) is 19.3 Å². The van der Waals surface area contributed by atoms with E-state index in [4.69, 9.17) is 21.8 Å². The van der Waals surface area contributed by atoms with Gasteiger partial charge in [0.25, 0.3) is 6.01 Å². The van der Waals surface area contributed by atoms with E-state index < -0.39 is 0 Å². The molecule has 2 aliphatic rings. The molecular weight excluding hydrogens is 340 g/mol. The maximum Gasteiger partial charge on any atom is 0.298 e.